The fourth-order valence-corrected chi connectivity index (χ4v) is 1.96. The van der Waals surface area contributed by atoms with Gasteiger partial charge >= 0.3 is 0 Å². The lowest BCUT2D eigenvalue weighted by atomic mass is 10.0. The molecule has 0 bridgehead atoms. The van der Waals surface area contributed by atoms with Gasteiger partial charge in [0.1, 0.15) is 11.6 Å². The lowest BCUT2D eigenvalue weighted by molar-refractivity contribution is 0.0992. The third-order valence-corrected chi connectivity index (χ3v) is 2.83. The number of hydrogen-bond donors (Lipinski definition) is 1. The molecule has 0 atom stereocenters. The van der Waals surface area contributed by atoms with Gasteiger partial charge in [-0.25, -0.2) is 8.78 Å². The summed E-state index contributed by atoms with van der Waals surface area (Å²) in [7, 11) is 0. The smallest absolute Gasteiger partial charge is 0.167 e. The number of nitrogens with two attached hydrogens (primary N) is 1. The summed E-state index contributed by atoms with van der Waals surface area (Å²) in [6.45, 7) is 0. The van der Waals surface area contributed by atoms with Crippen LogP contribution < -0.4 is 5.73 Å². The van der Waals surface area contributed by atoms with E-state index in [1.165, 1.54) is 24.3 Å². The largest absolute Gasteiger partial charge is 0.399 e. The third-order valence-electron chi connectivity index (χ3n) is 2.61. The second-order valence-electron chi connectivity index (χ2n) is 4.11. The molecule has 0 aliphatic heterocycles. The van der Waals surface area contributed by atoms with Crippen LogP contribution in [0.4, 0.5) is 14.5 Å². The van der Waals surface area contributed by atoms with Crippen molar-refractivity contribution in [2.24, 2.45) is 0 Å². The molecule has 0 heterocycles. The molecule has 2 aromatic carbocycles. The van der Waals surface area contributed by atoms with Crippen molar-refractivity contribution in [1.82, 2.24) is 0 Å². The van der Waals surface area contributed by atoms with Gasteiger partial charge in [-0.15, -0.1) is 0 Å². The Hall–Kier alpha value is -1.94. The van der Waals surface area contributed by atoms with Crippen molar-refractivity contribution in [2.45, 2.75) is 6.42 Å². The molecule has 19 heavy (non-hydrogen) atoms. The Balaban J connectivity index is 2.25. The van der Waals surface area contributed by atoms with E-state index >= 15 is 0 Å². The average Bonchev–Trinajstić information content (AvgIpc) is 2.31. The van der Waals surface area contributed by atoms with Crippen LogP contribution in [0.5, 0.6) is 0 Å². The molecule has 2 nitrogen and oxygen atoms in total. The molecule has 2 aromatic rings. The summed E-state index contributed by atoms with van der Waals surface area (Å²) in [5.41, 5.74) is 6.37. The molecular weight excluding hydrogens is 272 g/mol. The van der Waals surface area contributed by atoms with Crippen molar-refractivity contribution in [2.75, 3.05) is 5.73 Å². The van der Waals surface area contributed by atoms with Crippen molar-refractivity contribution in [3.8, 4) is 0 Å². The molecule has 0 aliphatic rings. The van der Waals surface area contributed by atoms with Gasteiger partial charge in [-0.2, -0.15) is 0 Å². The lowest BCUT2D eigenvalue weighted by Crippen LogP contribution is -2.06. The maximum absolute atomic E-state index is 13.4. The minimum Gasteiger partial charge on any atom is -0.399 e. The van der Waals surface area contributed by atoms with Gasteiger partial charge in [-0.3, -0.25) is 4.79 Å². The van der Waals surface area contributed by atoms with Crippen LogP contribution >= 0.6 is 11.6 Å². The monoisotopic (exact) mass is 281 g/mol. The first-order chi connectivity index (χ1) is 8.95. The zero-order valence-corrected chi connectivity index (χ0v) is 10.5. The molecular formula is C14H10ClF2NO. The van der Waals surface area contributed by atoms with Gasteiger partial charge in [0.2, 0.25) is 0 Å². The topological polar surface area (TPSA) is 43.1 Å². The van der Waals surface area contributed by atoms with Crippen molar-refractivity contribution < 1.29 is 13.6 Å². The lowest BCUT2D eigenvalue weighted by Gasteiger charge is -2.05. The summed E-state index contributed by atoms with van der Waals surface area (Å²) < 4.78 is 26.2. The average molecular weight is 282 g/mol. The second kappa shape index (κ2) is 5.36. The molecule has 0 saturated carbocycles. The molecule has 0 radical (unpaired) electrons. The fraction of sp³-hybridized carbons (Fsp3) is 0.0714. The van der Waals surface area contributed by atoms with Crippen molar-refractivity contribution in [3.63, 3.8) is 0 Å². The van der Waals surface area contributed by atoms with Gasteiger partial charge in [-0.05, 0) is 29.8 Å². The molecule has 0 saturated heterocycles. The van der Waals surface area contributed by atoms with E-state index in [9.17, 15) is 13.6 Å². The Morgan fingerprint density at radius 2 is 1.89 bits per heavy atom. The first kappa shape index (κ1) is 13.5. The number of rotatable bonds is 3. The Kier molecular flexibility index (Phi) is 3.81. The quantitative estimate of drug-likeness (QED) is 0.690. The molecule has 98 valence electrons. The number of benzene rings is 2. The van der Waals surface area contributed by atoms with Crippen LogP contribution in [0.25, 0.3) is 0 Å². The standard InChI is InChI=1S/C14H10ClF2NO/c15-10-3-9(4-12(18)6-10)14(19)5-8-1-2-11(16)7-13(8)17/h1-4,6-7H,5,18H2. The summed E-state index contributed by atoms with van der Waals surface area (Å²) in [6, 6.07) is 7.54. The summed E-state index contributed by atoms with van der Waals surface area (Å²) in [5, 5.41) is 0.336. The molecule has 0 fully saturated rings. The zero-order valence-electron chi connectivity index (χ0n) is 9.79. The number of ketones is 1. The van der Waals surface area contributed by atoms with Crippen LogP contribution in [0.3, 0.4) is 0 Å². The van der Waals surface area contributed by atoms with Gasteiger partial charge in [-0.1, -0.05) is 17.7 Å². The van der Waals surface area contributed by atoms with E-state index in [1.54, 1.807) is 0 Å². The molecule has 0 aromatic heterocycles. The Bertz CT molecular complexity index is 623. The molecule has 2 rings (SSSR count). The van der Waals surface area contributed by atoms with E-state index < -0.39 is 11.6 Å². The normalized spacial score (nSPS) is 10.5. The zero-order chi connectivity index (χ0) is 14.0. The third kappa shape index (κ3) is 3.29. The summed E-state index contributed by atoms with van der Waals surface area (Å²) >= 11 is 5.79. The summed E-state index contributed by atoms with van der Waals surface area (Å²) in [4.78, 5) is 12.0. The minimum absolute atomic E-state index is 0.130. The molecule has 2 N–H and O–H groups in total. The van der Waals surface area contributed by atoms with E-state index in [0.29, 0.717) is 16.3 Å². The number of hydrogen-bond acceptors (Lipinski definition) is 2. The first-order valence-corrected chi connectivity index (χ1v) is 5.86. The Morgan fingerprint density at radius 1 is 1.16 bits per heavy atom. The highest BCUT2D eigenvalue weighted by molar-refractivity contribution is 6.31. The van der Waals surface area contributed by atoms with Crippen LogP contribution in [0.2, 0.25) is 5.02 Å². The molecule has 5 heteroatoms. The molecule has 0 unspecified atom stereocenters. The molecule has 0 amide bonds. The van der Waals surface area contributed by atoms with Gasteiger partial charge in [0.15, 0.2) is 5.78 Å². The summed E-state index contributed by atoms with van der Waals surface area (Å²) in [6.07, 6.45) is -0.175. The molecule has 0 aliphatic carbocycles. The van der Waals surface area contributed by atoms with E-state index in [2.05, 4.69) is 0 Å². The van der Waals surface area contributed by atoms with Gasteiger partial charge in [0.05, 0.1) is 0 Å². The Morgan fingerprint density at radius 3 is 2.53 bits per heavy atom. The van der Waals surface area contributed by atoms with Gasteiger partial charge < -0.3 is 5.73 Å². The summed E-state index contributed by atoms with van der Waals surface area (Å²) in [5.74, 6) is -1.76. The maximum atomic E-state index is 13.4. The fourth-order valence-electron chi connectivity index (χ4n) is 1.71. The van der Waals surface area contributed by atoms with Crippen molar-refractivity contribution >= 4 is 23.1 Å². The van der Waals surface area contributed by atoms with E-state index in [4.69, 9.17) is 17.3 Å². The van der Waals surface area contributed by atoms with Crippen LogP contribution in [-0.4, -0.2) is 5.78 Å². The SMILES string of the molecule is Nc1cc(Cl)cc(C(=O)Cc2ccc(F)cc2F)c1. The first-order valence-electron chi connectivity index (χ1n) is 5.49. The number of carbonyl (C=O) groups excluding carboxylic acids is 1. The van der Waals surface area contributed by atoms with Crippen molar-refractivity contribution in [3.05, 3.63) is 64.2 Å². The highest BCUT2D eigenvalue weighted by Gasteiger charge is 2.12. The number of nitrogen functional groups attached to an aromatic ring is 1. The van der Waals surface area contributed by atoms with Crippen molar-refractivity contribution in [1.29, 1.82) is 0 Å². The minimum atomic E-state index is -0.747. The predicted molar refractivity (Wildman–Crippen MR) is 70.3 cm³/mol. The van der Waals surface area contributed by atoms with Gasteiger partial charge in [0.25, 0.3) is 0 Å². The number of anilines is 1. The second-order valence-corrected chi connectivity index (χ2v) is 4.55. The van der Waals surface area contributed by atoms with Crippen LogP contribution in [0, 0.1) is 11.6 Å². The van der Waals surface area contributed by atoms with E-state index in [1.807, 2.05) is 0 Å². The van der Waals surface area contributed by atoms with Gasteiger partial charge in [0, 0.05) is 28.8 Å². The van der Waals surface area contributed by atoms with Crippen LogP contribution in [-0.2, 0) is 6.42 Å². The predicted octanol–water partition coefficient (Wildman–Crippen LogP) is 3.63. The highest BCUT2D eigenvalue weighted by atomic mass is 35.5. The van der Waals surface area contributed by atoms with E-state index in [0.717, 1.165) is 12.1 Å². The highest BCUT2D eigenvalue weighted by Crippen LogP contribution is 2.19. The van der Waals surface area contributed by atoms with Crippen LogP contribution in [0.1, 0.15) is 15.9 Å². The Labute approximate surface area is 113 Å². The number of Topliss-reactive ketones (excluding diaryl/α,β-unsaturated/α-hetero) is 1. The van der Waals surface area contributed by atoms with E-state index in [-0.39, 0.29) is 17.8 Å². The maximum Gasteiger partial charge on any atom is 0.167 e. The number of carbonyl (C=O) groups is 1. The number of halogens is 3. The molecule has 0 spiro atoms. The van der Waals surface area contributed by atoms with Crippen LogP contribution in [0.15, 0.2) is 36.4 Å².